The number of aryl methyl sites for hydroxylation is 2. The van der Waals surface area contributed by atoms with E-state index >= 15 is 0 Å². The number of hydrogen-bond donors (Lipinski definition) is 2. The number of hydrogen-bond acceptors (Lipinski definition) is 6. The van der Waals surface area contributed by atoms with Crippen LogP contribution < -0.4 is 5.73 Å². The van der Waals surface area contributed by atoms with Gasteiger partial charge in [0.05, 0.1) is 24.0 Å². The lowest BCUT2D eigenvalue weighted by Gasteiger charge is -2.37. The number of amides is 1. The summed E-state index contributed by atoms with van der Waals surface area (Å²) < 4.78 is 3.81. The minimum Gasteiger partial charge on any atom is -0.366 e. The average Bonchev–Trinajstić information content (AvgIpc) is 3.47. The number of aromatic amines is 1. The van der Waals surface area contributed by atoms with Crippen molar-refractivity contribution >= 4 is 16.8 Å². The second-order valence-corrected chi connectivity index (χ2v) is 8.56. The standard InChI is InChI=1S/C22H27N9O/c1-4-30-19(7-14(3)28-30)22-25-21(26-27-22)16-8-15(20(23)32)9-18-17(16)10-24-31(18)6-5-29-11-13(2)12-29/h7-10,13H,4-6,11-12H2,1-3H3,(H2,23,32)(H,25,26,27). The van der Waals surface area contributed by atoms with Gasteiger partial charge in [0.2, 0.25) is 5.91 Å². The number of carbonyl (C=O) groups excluding carboxylic acids is 1. The molecule has 0 bridgehead atoms. The van der Waals surface area contributed by atoms with Crippen LogP contribution in [0.25, 0.3) is 33.8 Å². The van der Waals surface area contributed by atoms with Crippen LogP contribution in [0.15, 0.2) is 24.4 Å². The number of nitrogens with zero attached hydrogens (tertiary/aromatic N) is 7. The van der Waals surface area contributed by atoms with Crippen LogP contribution in [-0.2, 0) is 13.1 Å². The SMILES string of the molecule is CCn1nc(C)cc1-c1nnc(-c2cc(C(N)=O)cc3c2cnn3CCN2CC(C)C2)[nH]1. The van der Waals surface area contributed by atoms with Crippen LogP contribution >= 0.6 is 0 Å². The van der Waals surface area contributed by atoms with Gasteiger partial charge in [-0.2, -0.15) is 10.2 Å². The molecule has 1 saturated heterocycles. The summed E-state index contributed by atoms with van der Waals surface area (Å²) in [5.41, 5.74) is 9.44. The maximum absolute atomic E-state index is 12.1. The Hall–Kier alpha value is -3.53. The first-order valence-electron chi connectivity index (χ1n) is 10.9. The number of primary amides is 1. The first kappa shape index (κ1) is 20.4. The number of nitrogens with two attached hydrogens (primary N) is 1. The Morgan fingerprint density at radius 2 is 1.94 bits per heavy atom. The summed E-state index contributed by atoms with van der Waals surface area (Å²) in [6.45, 7) is 10.9. The molecule has 1 amide bonds. The van der Waals surface area contributed by atoms with E-state index in [1.807, 2.05) is 35.5 Å². The number of carbonyl (C=O) groups is 1. The van der Waals surface area contributed by atoms with Gasteiger partial charge in [0.1, 0.15) is 5.69 Å². The highest BCUT2D eigenvalue weighted by Gasteiger charge is 2.23. The molecule has 0 unspecified atom stereocenters. The van der Waals surface area contributed by atoms with E-state index in [9.17, 15) is 4.79 Å². The quantitative estimate of drug-likeness (QED) is 0.460. The summed E-state index contributed by atoms with van der Waals surface area (Å²) in [5, 5.41) is 18.7. The molecule has 4 aromatic rings. The Bertz CT molecular complexity index is 1290. The lowest BCUT2D eigenvalue weighted by atomic mass is 10.0. The zero-order chi connectivity index (χ0) is 22.4. The van der Waals surface area contributed by atoms with E-state index in [2.05, 4.69) is 37.2 Å². The third kappa shape index (κ3) is 3.56. The second-order valence-electron chi connectivity index (χ2n) is 8.56. The summed E-state index contributed by atoms with van der Waals surface area (Å²) >= 11 is 0. The predicted molar refractivity (Wildman–Crippen MR) is 121 cm³/mol. The molecule has 0 radical (unpaired) electrons. The second kappa shape index (κ2) is 7.86. The number of nitrogens with one attached hydrogen (secondary N) is 1. The van der Waals surface area contributed by atoms with Gasteiger partial charge in [-0.05, 0) is 38.0 Å². The predicted octanol–water partition coefficient (Wildman–Crippen LogP) is 2.06. The van der Waals surface area contributed by atoms with Crippen molar-refractivity contribution in [3.63, 3.8) is 0 Å². The van der Waals surface area contributed by atoms with Gasteiger partial charge >= 0.3 is 0 Å². The topological polar surface area (TPSA) is 124 Å². The smallest absolute Gasteiger partial charge is 0.248 e. The largest absolute Gasteiger partial charge is 0.366 e. The first-order valence-corrected chi connectivity index (χ1v) is 10.9. The van der Waals surface area contributed by atoms with Crippen molar-refractivity contribution in [3.8, 4) is 22.9 Å². The number of rotatable bonds is 7. The maximum Gasteiger partial charge on any atom is 0.248 e. The van der Waals surface area contributed by atoms with Crippen molar-refractivity contribution < 1.29 is 4.79 Å². The fraction of sp³-hybridized carbons (Fsp3) is 0.409. The van der Waals surface area contributed by atoms with Gasteiger partial charge < -0.3 is 15.6 Å². The Labute approximate surface area is 185 Å². The van der Waals surface area contributed by atoms with Crippen molar-refractivity contribution in [2.75, 3.05) is 19.6 Å². The Morgan fingerprint density at radius 1 is 1.16 bits per heavy atom. The van der Waals surface area contributed by atoms with Gasteiger partial charge in [-0.1, -0.05) is 6.92 Å². The van der Waals surface area contributed by atoms with Crippen LogP contribution in [0.5, 0.6) is 0 Å². The number of likely N-dealkylation sites (tertiary alicyclic amines) is 1. The molecule has 166 valence electrons. The summed E-state index contributed by atoms with van der Waals surface area (Å²) in [7, 11) is 0. The van der Waals surface area contributed by atoms with E-state index in [-0.39, 0.29) is 0 Å². The molecule has 10 nitrogen and oxygen atoms in total. The molecule has 1 fully saturated rings. The van der Waals surface area contributed by atoms with E-state index in [1.165, 1.54) is 0 Å². The van der Waals surface area contributed by atoms with E-state index in [4.69, 9.17) is 5.73 Å². The Kier molecular flexibility index (Phi) is 5.01. The number of H-pyrrole nitrogens is 1. The molecule has 0 spiro atoms. The minimum absolute atomic E-state index is 0.416. The molecule has 1 aromatic carbocycles. The summed E-state index contributed by atoms with van der Waals surface area (Å²) in [6, 6.07) is 5.53. The van der Waals surface area contributed by atoms with Crippen LogP contribution in [0.4, 0.5) is 0 Å². The minimum atomic E-state index is -0.489. The monoisotopic (exact) mass is 433 g/mol. The average molecular weight is 434 g/mol. The van der Waals surface area contributed by atoms with Gasteiger partial charge in [0, 0.05) is 42.7 Å². The summed E-state index contributed by atoms with van der Waals surface area (Å²) in [4.78, 5) is 17.8. The highest BCUT2D eigenvalue weighted by atomic mass is 16.1. The molecule has 1 aliphatic rings. The van der Waals surface area contributed by atoms with E-state index in [0.717, 1.165) is 66.5 Å². The summed E-state index contributed by atoms with van der Waals surface area (Å²) in [6.07, 6.45) is 1.82. The lowest BCUT2D eigenvalue weighted by Crippen LogP contribution is -2.46. The maximum atomic E-state index is 12.1. The van der Waals surface area contributed by atoms with Crippen LogP contribution in [0.1, 0.15) is 29.9 Å². The van der Waals surface area contributed by atoms with Crippen molar-refractivity contribution in [1.29, 1.82) is 0 Å². The molecule has 0 saturated carbocycles. The molecule has 0 atom stereocenters. The zero-order valence-electron chi connectivity index (χ0n) is 18.5. The molecule has 10 heteroatoms. The molecule has 3 N–H and O–H groups in total. The van der Waals surface area contributed by atoms with E-state index in [0.29, 0.717) is 17.2 Å². The molecule has 5 rings (SSSR count). The molecule has 0 aliphatic carbocycles. The molecule has 32 heavy (non-hydrogen) atoms. The highest BCUT2D eigenvalue weighted by Crippen LogP contribution is 2.30. The first-order chi connectivity index (χ1) is 15.4. The van der Waals surface area contributed by atoms with E-state index < -0.39 is 5.91 Å². The number of benzene rings is 1. The van der Waals surface area contributed by atoms with Gasteiger partial charge in [-0.3, -0.25) is 14.2 Å². The molecular formula is C22H27N9O. The lowest BCUT2D eigenvalue weighted by molar-refractivity contribution is 0.1000. The Balaban J connectivity index is 1.53. The zero-order valence-corrected chi connectivity index (χ0v) is 18.5. The van der Waals surface area contributed by atoms with Gasteiger partial charge in [-0.25, -0.2) is 0 Å². The highest BCUT2D eigenvalue weighted by molar-refractivity contribution is 6.02. The molecule has 1 aliphatic heterocycles. The Morgan fingerprint density at radius 3 is 2.66 bits per heavy atom. The molecule has 4 heterocycles. The van der Waals surface area contributed by atoms with Crippen molar-refractivity contribution in [3.05, 3.63) is 35.7 Å². The number of aromatic nitrogens is 7. The van der Waals surface area contributed by atoms with Crippen molar-refractivity contribution in [2.24, 2.45) is 11.7 Å². The summed E-state index contributed by atoms with van der Waals surface area (Å²) in [5.74, 6) is 1.45. The third-order valence-corrected chi connectivity index (χ3v) is 6.00. The third-order valence-electron chi connectivity index (χ3n) is 6.00. The fourth-order valence-corrected chi connectivity index (χ4v) is 4.42. The van der Waals surface area contributed by atoms with Gasteiger partial charge in [-0.15, -0.1) is 10.2 Å². The van der Waals surface area contributed by atoms with Crippen LogP contribution in [0.3, 0.4) is 0 Å². The number of fused-ring (bicyclic) bond motifs is 1. The van der Waals surface area contributed by atoms with Crippen molar-refractivity contribution in [2.45, 2.75) is 33.9 Å². The van der Waals surface area contributed by atoms with Crippen LogP contribution in [0.2, 0.25) is 0 Å². The van der Waals surface area contributed by atoms with Gasteiger partial charge in [0.15, 0.2) is 11.6 Å². The van der Waals surface area contributed by atoms with Crippen LogP contribution in [0, 0.1) is 12.8 Å². The van der Waals surface area contributed by atoms with Crippen LogP contribution in [-0.4, -0.2) is 65.2 Å². The fourth-order valence-electron chi connectivity index (χ4n) is 4.42. The van der Waals surface area contributed by atoms with Crippen molar-refractivity contribution in [1.82, 2.24) is 39.6 Å². The van der Waals surface area contributed by atoms with Gasteiger partial charge in [0.25, 0.3) is 0 Å². The molecule has 3 aromatic heterocycles. The van der Waals surface area contributed by atoms with E-state index in [1.54, 1.807) is 12.1 Å². The normalized spacial score (nSPS) is 14.8. The molecular weight excluding hydrogens is 406 g/mol.